The minimum Gasteiger partial charge on any atom is -0.358 e. The van der Waals surface area contributed by atoms with Crippen LogP contribution in [0.5, 0.6) is 0 Å². The van der Waals surface area contributed by atoms with Crippen molar-refractivity contribution in [3.05, 3.63) is 28.2 Å². The molecular formula is C11H14Cl2N2S. The Bertz CT molecular complexity index is 399. The van der Waals surface area contributed by atoms with Crippen LogP contribution in [0.2, 0.25) is 10.0 Å². The normalized spacial score (nSPS) is 11.1. The zero-order valence-corrected chi connectivity index (χ0v) is 11.7. The fraction of sp³-hybridized carbons (Fsp3) is 0.364. The summed E-state index contributed by atoms with van der Waals surface area (Å²) in [6.07, 6.45) is 0. The van der Waals surface area contributed by atoms with Crippen LogP contribution in [-0.2, 0) is 0 Å². The molecule has 88 valence electrons. The largest absolute Gasteiger partial charge is 0.358 e. The van der Waals surface area contributed by atoms with Crippen LogP contribution < -0.4 is 10.6 Å². The van der Waals surface area contributed by atoms with E-state index in [0.717, 1.165) is 0 Å². The molecule has 0 aliphatic heterocycles. The number of rotatable bonds is 1. The summed E-state index contributed by atoms with van der Waals surface area (Å²) in [5, 5.41) is 7.87. The molecule has 5 heteroatoms. The zero-order valence-electron chi connectivity index (χ0n) is 9.40. The van der Waals surface area contributed by atoms with Gasteiger partial charge < -0.3 is 10.6 Å². The lowest BCUT2D eigenvalue weighted by atomic mass is 10.1. The number of anilines is 1. The maximum Gasteiger partial charge on any atom is 0.171 e. The Morgan fingerprint density at radius 1 is 1.25 bits per heavy atom. The van der Waals surface area contributed by atoms with Crippen LogP contribution in [0.25, 0.3) is 0 Å². The van der Waals surface area contributed by atoms with Gasteiger partial charge in [-0.2, -0.15) is 0 Å². The van der Waals surface area contributed by atoms with Crippen LogP contribution in [0.4, 0.5) is 5.69 Å². The van der Waals surface area contributed by atoms with E-state index in [9.17, 15) is 0 Å². The quantitative estimate of drug-likeness (QED) is 0.756. The molecule has 0 spiro atoms. The first-order valence-corrected chi connectivity index (χ1v) is 5.98. The van der Waals surface area contributed by atoms with E-state index >= 15 is 0 Å². The highest BCUT2D eigenvalue weighted by atomic mass is 35.5. The third-order valence-corrected chi connectivity index (χ3v) is 2.43. The molecule has 2 N–H and O–H groups in total. The Kier molecular flexibility index (Phi) is 4.42. The highest BCUT2D eigenvalue weighted by molar-refractivity contribution is 7.80. The minimum absolute atomic E-state index is 0.0882. The number of hydrogen-bond donors (Lipinski definition) is 2. The van der Waals surface area contributed by atoms with E-state index < -0.39 is 0 Å². The van der Waals surface area contributed by atoms with Crippen LogP contribution in [0, 0.1) is 0 Å². The van der Waals surface area contributed by atoms with E-state index in [0.29, 0.717) is 20.8 Å². The molecule has 0 atom stereocenters. The fourth-order valence-electron chi connectivity index (χ4n) is 1.09. The van der Waals surface area contributed by atoms with Gasteiger partial charge in [-0.3, -0.25) is 0 Å². The monoisotopic (exact) mass is 276 g/mol. The average Bonchev–Trinajstić information content (AvgIpc) is 2.08. The second-order valence-electron chi connectivity index (χ2n) is 4.45. The van der Waals surface area contributed by atoms with Gasteiger partial charge in [-0.25, -0.2) is 0 Å². The van der Waals surface area contributed by atoms with Gasteiger partial charge in [-0.05, 0) is 51.2 Å². The number of halogens is 2. The number of nitrogens with one attached hydrogen (secondary N) is 2. The Balaban J connectivity index is 2.73. The maximum absolute atomic E-state index is 6.00. The first kappa shape index (κ1) is 13.6. The van der Waals surface area contributed by atoms with Crippen molar-refractivity contribution < 1.29 is 0 Å². The Labute approximate surface area is 111 Å². The van der Waals surface area contributed by atoms with E-state index in [-0.39, 0.29) is 5.54 Å². The molecule has 0 aliphatic rings. The van der Waals surface area contributed by atoms with Crippen molar-refractivity contribution in [2.45, 2.75) is 26.3 Å². The highest BCUT2D eigenvalue weighted by Gasteiger charge is 2.11. The molecule has 0 saturated heterocycles. The van der Waals surface area contributed by atoms with Crippen LogP contribution in [-0.4, -0.2) is 10.7 Å². The highest BCUT2D eigenvalue weighted by Crippen LogP contribution is 2.25. The summed E-state index contributed by atoms with van der Waals surface area (Å²) in [6.45, 7) is 6.08. The Morgan fingerprint density at radius 2 is 1.88 bits per heavy atom. The molecule has 0 aliphatic carbocycles. The minimum atomic E-state index is -0.0882. The molecule has 0 bridgehead atoms. The van der Waals surface area contributed by atoms with Gasteiger partial charge in [0.2, 0.25) is 0 Å². The van der Waals surface area contributed by atoms with Gasteiger partial charge in [-0.1, -0.05) is 23.2 Å². The third kappa shape index (κ3) is 4.56. The van der Waals surface area contributed by atoms with Gasteiger partial charge in [-0.15, -0.1) is 0 Å². The molecule has 0 saturated carbocycles. The maximum atomic E-state index is 6.00. The van der Waals surface area contributed by atoms with Gasteiger partial charge in [0.25, 0.3) is 0 Å². The molecule has 2 nitrogen and oxygen atoms in total. The molecule has 1 aromatic carbocycles. The van der Waals surface area contributed by atoms with Gasteiger partial charge in [0.05, 0.1) is 10.7 Å². The van der Waals surface area contributed by atoms with Crippen LogP contribution >= 0.6 is 35.4 Å². The number of hydrogen-bond acceptors (Lipinski definition) is 1. The average molecular weight is 277 g/mol. The SMILES string of the molecule is CC(C)(C)NC(=S)Nc1cc(Cl)ccc1Cl. The lowest BCUT2D eigenvalue weighted by molar-refractivity contribution is 0.515. The number of thiocarbonyl (C=S) groups is 1. The van der Waals surface area contributed by atoms with Crippen molar-refractivity contribution in [1.29, 1.82) is 0 Å². The van der Waals surface area contributed by atoms with Crippen molar-refractivity contribution in [3.63, 3.8) is 0 Å². The van der Waals surface area contributed by atoms with Crippen molar-refractivity contribution in [3.8, 4) is 0 Å². The smallest absolute Gasteiger partial charge is 0.171 e. The van der Waals surface area contributed by atoms with Crippen molar-refractivity contribution in [1.82, 2.24) is 5.32 Å². The lowest BCUT2D eigenvalue weighted by Gasteiger charge is -2.23. The molecule has 1 aromatic rings. The zero-order chi connectivity index (χ0) is 12.3. The predicted octanol–water partition coefficient (Wildman–Crippen LogP) is 4.08. The summed E-state index contributed by atoms with van der Waals surface area (Å²) in [7, 11) is 0. The summed E-state index contributed by atoms with van der Waals surface area (Å²) < 4.78 is 0. The van der Waals surface area contributed by atoms with Crippen LogP contribution in [0.15, 0.2) is 18.2 Å². The molecule has 1 rings (SSSR count). The molecule has 0 heterocycles. The van der Waals surface area contributed by atoms with E-state index in [2.05, 4.69) is 10.6 Å². The van der Waals surface area contributed by atoms with Crippen LogP contribution in [0.1, 0.15) is 20.8 Å². The summed E-state index contributed by atoms with van der Waals surface area (Å²) >= 11 is 17.0. The molecule has 0 unspecified atom stereocenters. The number of benzene rings is 1. The van der Waals surface area contributed by atoms with Crippen molar-refractivity contribution >= 4 is 46.2 Å². The molecule has 0 aromatic heterocycles. The first-order valence-electron chi connectivity index (χ1n) is 4.82. The van der Waals surface area contributed by atoms with Gasteiger partial charge >= 0.3 is 0 Å². The summed E-state index contributed by atoms with van der Waals surface area (Å²) in [5.41, 5.74) is 0.616. The summed E-state index contributed by atoms with van der Waals surface area (Å²) in [5.74, 6) is 0. The van der Waals surface area contributed by atoms with E-state index in [1.807, 2.05) is 20.8 Å². The van der Waals surface area contributed by atoms with Gasteiger partial charge in [0.15, 0.2) is 5.11 Å². The standard InChI is InChI=1S/C11H14Cl2N2S/c1-11(2,3)15-10(16)14-9-6-7(12)4-5-8(9)13/h4-6H,1-3H3,(H2,14,15,16). The summed E-state index contributed by atoms with van der Waals surface area (Å²) in [4.78, 5) is 0. The molecule has 16 heavy (non-hydrogen) atoms. The Hall–Kier alpha value is -0.510. The topological polar surface area (TPSA) is 24.1 Å². The third-order valence-electron chi connectivity index (χ3n) is 1.67. The molecule has 0 fully saturated rings. The van der Waals surface area contributed by atoms with Crippen molar-refractivity contribution in [2.75, 3.05) is 5.32 Å². The van der Waals surface area contributed by atoms with Gasteiger partial charge in [0, 0.05) is 10.6 Å². The molecule has 0 radical (unpaired) electrons. The van der Waals surface area contributed by atoms with E-state index in [4.69, 9.17) is 35.4 Å². The van der Waals surface area contributed by atoms with Crippen LogP contribution in [0.3, 0.4) is 0 Å². The second kappa shape index (κ2) is 5.21. The van der Waals surface area contributed by atoms with E-state index in [1.165, 1.54) is 0 Å². The summed E-state index contributed by atoms with van der Waals surface area (Å²) in [6, 6.07) is 5.20. The predicted molar refractivity (Wildman–Crippen MR) is 75.6 cm³/mol. The Morgan fingerprint density at radius 3 is 2.44 bits per heavy atom. The van der Waals surface area contributed by atoms with E-state index in [1.54, 1.807) is 18.2 Å². The molecule has 0 amide bonds. The van der Waals surface area contributed by atoms with Gasteiger partial charge in [0.1, 0.15) is 0 Å². The fourth-order valence-corrected chi connectivity index (χ4v) is 1.84. The lowest BCUT2D eigenvalue weighted by Crippen LogP contribution is -2.42. The first-order chi connectivity index (χ1) is 7.28. The molecular weight excluding hydrogens is 263 g/mol. The second-order valence-corrected chi connectivity index (χ2v) is 5.71. The van der Waals surface area contributed by atoms with Crippen molar-refractivity contribution in [2.24, 2.45) is 0 Å².